The third-order valence-electron chi connectivity index (χ3n) is 3.47. The summed E-state index contributed by atoms with van der Waals surface area (Å²) in [5, 5.41) is 17.7. The summed E-state index contributed by atoms with van der Waals surface area (Å²) in [5.74, 6) is -0.439. The third kappa shape index (κ3) is 5.34. The number of carbonyl (C=O) groups is 2. The average Bonchev–Trinajstić information content (AvgIpc) is 3.37. The van der Waals surface area contributed by atoms with Gasteiger partial charge in [-0.3, -0.25) is 20.2 Å². The highest BCUT2D eigenvalue weighted by molar-refractivity contribution is 7.18. The second kappa shape index (κ2) is 9.06. The summed E-state index contributed by atoms with van der Waals surface area (Å²) < 4.78 is 5.13. The van der Waals surface area contributed by atoms with Crippen molar-refractivity contribution in [3.05, 3.63) is 74.1 Å². The van der Waals surface area contributed by atoms with Gasteiger partial charge in [-0.25, -0.2) is 9.78 Å². The van der Waals surface area contributed by atoms with Gasteiger partial charge in [0.1, 0.15) is 12.8 Å². The normalized spacial score (nSPS) is 10.3. The molecule has 11 heteroatoms. The summed E-state index contributed by atoms with van der Waals surface area (Å²) in [4.78, 5) is 38.7. The van der Waals surface area contributed by atoms with Gasteiger partial charge in [0.05, 0.1) is 11.5 Å². The van der Waals surface area contributed by atoms with Gasteiger partial charge in [-0.2, -0.15) is 0 Å². The number of anilines is 1. The zero-order valence-corrected chi connectivity index (χ0v) is 15.9. The molecule has 3 aromatic rings. The first kappa shape index (κ1) is 19.5. The molecular formula is C17H14N4O5S2. The summed E-state index contributed by atoms with van der Waals surface area (Å²) in [5.41, 5.74) is 1.07. The predicted molar refractivity (Wildman–Crippen MR) is 105 cm³/mol. The van der Waals surface area contributed by atoms with E-state index in [9.17, 15) is 19.7 Å². The van der Waals surface area contributed by atoms with Crippen LogP contribution in [0.1, 0.15) is 20.8 Å². The Labute approximate surface area is 167 Å². The molecule has 0 aliphatic carbocycles. The van der Waals surface area contributed by atoms with E-state index in [1.54, 1.807) is 35.6 Å². The minimum Gasteiger partial charge on any atom is -0.445 e. The van der Waals surface area contributed by atoms with E-state index in [4.69, 9.17) is 4.74 Å². The van der Waals surface area contributed by atoms with Crippen molar-refractivity contribution in [1.82, 2.24) is 10.3 Å². The van der Waals surface area contributed by atoms with Crippen LogP contribution in [0, 0.1) is 10.1 Å². The minimum atomic E-state index is -0.571. The van der Waals surface area contributed by atoms with Crippen LogP contribution in [0.3, 0.4) is 0 Å². The molecule has 0 fully saturated rings. The van der Waals surface area contributed by atoms with Crippen LogP contribution < -0.4 is 10.6 Å². The Balaban J connectivity index is 1.47. The zero-order chi connectivity index (χ0) is 19.9. The summed E-state index contributed by atoms with van der Waals surface area (Å²) in [6, 6.07) is 10.3. The summed E-state index contributed by atoms with van der Waals surface area (Å²) in [6.45, 7) is 0.474. The largest absolute Gasteiger partial charge is 0.445 e. The monoisotopic (exact) mass is 418 g/mol. The molecule has 0 saturated carbocycles. The van der Waals surface area contributed by atoms with E-state index in [2.05, 4.69) is 15.6 Å². The van der Waals surface area contributed by atoms with Crippen LogP contribution in [0.5, 0.6) is 0 Å². The number of hydrogen-bond donors (Lipinski definition) is 2. The van der Waals surface area contributed by atoms with E-state index in [0.717, 1.165) is 22.4 Å². The summed E-state index contributed by atoms with van der Waals surface area (Å²) in [6.07, 6.45) is 0.560. The number of ether oxygens (including phenoxy) is 1. The van der Waals surface area contributed by atoms with E-state index in [1.165, 1.54) is 0 Å². The first-order chi connectivity index (χ1) is 13.5. The maximum absolute atomic E-state index is 12.2. The Bertz CT molecular complexity index is 970. The van der Waals surface area contributed by atoms with Crippen LogP contribution in [0.25, 0.3) is 0 Å². The number of alkyl carbamates (subject to hydrolysis) is 1. The average molecular weight is 418 g/mol. The van der Waals surface area contributed by atoms with E-state index in [0.29, 0.717) is 17.7 Å². The Kier molecular flexibility index (Phi) is 6.29. The molecule has 2 aromatic heterocycles. The molecular weight excluding hydrogens is 404 g/mol. The van der Waals surface area contributed by atoms with Crippen LogP contribution in [0.4, 0.5) is 14.9 Å². The molecule has 3 rings (SSSR count). The molecule has 1 aromatic carbocycles. The minimum absolute atomic E-state index is 0.0663. The molecule has 2 N–H and O–H groups in total. The molecule has 0 unspecified atom stereocenters. The number of amides is 2. The molecule has 0 atom stereocenters. The van der Waals surface area contributed by atoms with E-state index < -0.39 is 16.9 Å². The number of rotatable bonds is 7. The molecule has 2 heterocycles. The number of thiazole rings is 1. The fourth-order valence-electron chi connectivity index (χ4n) is 2.10. The summed E-state index contributed by atoms with van der Waals surface area (Å²) >= 11 is 2.32. The summed E-state index contributed by atoms with van der Waals surface area (Å²) in [7, 11) is 0. The highest BCUT2D eigenvalue weighted by Crippen LogP contribution is 2.25. The first-order valence-corrected chi connectivity index (χ1v) is 9.64. The highest BCUT2D eigenvalue weighted by Gasteiger charge is 2.14. The Hall–Kier alpha value is -3.31. The van der Waals surface area contributed by atoms with Gasteiger partial charge in [-0.1, -0.05) is 18.2 Å². The second-order valence-electron chi connectivity index (χ2n) is 5.42. The molecule has 0 spiro atoms. The van der Waals surface area contributed by atoms with Crippen LogP contribution in [0.2, 0.25) is 0 Å². The number of thiophene rings is 1. The number of nitrogens with one attached hydrogen (secondary N) is 2. The lowest BCUT2D eigenvalue weighted by molar-refractivity contribution is -0.380. The predicted octanol–water partition coefficient (Wildman–Crippen LogP) is 3.79. The van der Waals surface area contributed by atoms with Gasteiger partial charge in [-0.05, 0) is 40.5 Å². The number of aromatic nitrogens is 1. The van der Waals surface area contributed by atoms with Crippen molar-refractivity contribution in [3.8, 4) is 0 Å². The van der Waals surface area contributed by atoms with Crippen molar-refractivity contribution in [2.24, 2.45) is 0 Å². The fraction of sp³-hybridized carbons (Fsp3) is 0.118. The lowest BCUT2D eigenvalue weighted by Crippen LogP contribution is -2.23. The van der Waals surface area contributed by atoms with Crippen molar-refractivity contribution in [2.45, 2.75) is 13.2 Å². The van der Waals surface area contributed by atoms with Gasteiger partial charge >= 0.3 is 11.1 Å². The molecule has 0 aliphatic rings. The van der Waals surface area contributed by atoms with E-state index >= 15 is 0 Å². The number of benzene rings is 1. The molecule has 144 valence electrons. The van der Waals surface area contributed by atoms with Crippen LogP contribution in [-0.4, -0.2) is 21.9 Å². The maximum Gasteiger partial charge on any atom is 0.407 e. The van der Waals surface area contributed by atoms with Crippen molar-refractivity contribution in [3.63, 3.8) is 0 Å². The third-order valence-corrected chi connectivity index (χ3v) is 5.21. The Morgan fingerprint density at radius 1 is 1.21 bits per heavy atom. The van der Waals surface area contributed by atoms with Gasteiger partial charge < -0.3 is 10.1 Å². The van der Waals surface area contributed by atoms with Crippen LogP contribution in [0.15, 0.2) is 48.0 Å². The highest BCUT2D eigenvalue weighted by atomic mass is 32.1. The first-order valence-electron chi connectivity index (χ1n) is 7.95. The molecule has 0 radical (unpaired) electrons. The zero-order valence-electron chi connectivity index (χ0n) is 14.3. The van der Waals surface area contributed by atoms with Crippen molar-refractivity contribution in [1.29, 1.82) is 0 Å². The van der Waals surface area contributed by atoms with Gasteiger partial charge in [0.2, 0.25) is 0 Å². The Morgan fingerprint density at radius 2 is 2.00 bits per heavy atom. The SMILES string of the molecule is O=C(NCc1cccs1)OCc1ccc(C(=O)Nc2ncc([N+](=O)[O-])s2)cc1. The molecule has 9 nitrogen and oxygen atoms in total. The fourth-order valence-corrected chi connectivity index (χ4v) is 3.37. The Morgan fingerprint density at radius 3 is 2.64 bits per heavy atom. The second-order valence-corrected chi connectivity index (χ2v) is 7.46. The quantitative estimate of drug-likeness (QED) is 0.444. The molecule has 0 saturated heterocycles. The van der Waals surface area contributed by atoms with Crippen LogP contribution in [-0.2, 0) is 17.9 Å². The number of hydrogen-bond acceptors (Lipinski definition) is 8. The topological polar surface area (TPSA) is 123 Å². The van der Waals surface area contributed by atoms with Crippen molar-refractivity contribution >= 4 is 44.8 Å². The maximum atomic E-state index is 12.2. The number of carbonyl (C=O) groups excluding carboxylic acids is 2. The van der Waals surface area contributed by atoms with Crippen molar-refractivity contribution in [2.75, 3.05) is 5.32 Å². The standard InChI is InChI=1S/C17H14N4O5S2/c22-15(20-16-18-9-14(28-16)21(24)25)12-5-3-11(4-6-12)10-26-17(23)19-8-13-2-1-7-27-13/h1-7,9H,8,10H2,(H,19,23)(H,18,20,22). The number of nitro groups is 1. The van der Waals surface area contributed by atoms with Crippen LogP contribution >= 0.6 is 22.7 Å². The lowest BCUT2D eigenvalue weighted by atomic mass is 10.1. The number of nitrogens with zero attached hydrogens (tertiary/aromatic N) is 2. The van der Waals surface area contributed by atoms with Gasteiger partial charge in [0, 0.05) is 10.4 Å². The van der Waals surface area contributed by atoms with Gasteiger partial charge in [-0.15, -0.1) is 11.3 Å². The molecule has 0 aliphatic heterocycles. The van der Waals surface area contributed by atoms with E-state index in [1.807, 2.05) is 17.5 Å². The molecule has 28 heavy (non-hydrogen) atoms. The molecule has 2 amide bonds. The van der Waals surface area contributed by atoms with Gasteiger partial charge in [0.15, 0.2) is 5.13 Å². The smallest absolute Gasteiger partial charge is 0.407 e. The van der Waals surface area contributed by atoms with Crippen molar-refractivity contribution < 1.29 is 19.2 Å². The molecule has 0 bridgehead atoms. The lowest BCUT2D eigenvalue weighted by Gasteiger charge is -2.07. The van der Waals surface area contributed by atoms with E-state index in [-0.39, 0.29) is 16.7 Å². The van der Waals surface area contributed by atoms with Gasteiger partial charge in [0.25, 0.3) is 5.91 Å².